The van der Waals surface area contributed by atoms with Crippen molar-refractivity contribution >= 4 is 17.2 Å². The van der Waals surface area contributed by atoms with Gasteiger partial charge in [0.2, 0.25) is 0 Å². The van der Waals surface area contributed by atoms with E-state index in [-0.39, 0.29) is 5.91 Å². The third kappa shape index (κ3) is 4.64. The summed E-state index contributed by atoms with van der Waals surface area (Å²) < 4.78 is 9.18. The van der Waals surface area contributed by atoms with Gasteiger partial charge in [-0.05, 0) is 44.5 Å². The standard InChI is InChI=1S/C23H26N6O2/c1-4-12-31-13-11-28-15-21(26-27-28)18-5-7-19(8-6-18)25-23(30)20-9-10-29-17(3)14-16(2)24-22(20)29/h5-10,14-15H,4,11-13H2,1-3H3,(H,25,30). The molecule has 0 aliphatic carbocycles. The van der Waals surface area contributed by atoms with Crippen LogP contribution >= 0.6 is 0 Å². The van der Waals surface area contributed by atoms with Crippen LogP contribution in [0.4, 0.5) is 5.69 Å². The molecule has 4 aromatic rings. The third-order valence-corrected chi connectivity index (χ3v) is 4.97. The lowest BCUT2D eigenvalue weighted by molar-refractivity contribution is 0.102. The summed E-state index contributed by atoms with van der Waals surface area (Å²) >= 11 is 0. The van der Waals surface area contributed by atoms with Crippen LogP contribution in [0.2, 0.25) is 0 Å². The van der Waals surface area contributed by atoms with Crippen molar-refractivity contribution < 1.29 is 9.53 Å². The number of ether oxygens (including phenoxy) is 1. The Bertz CT molecular complexity index is 1190. The van der Waals surface area contributed by atoms with Crippen molar-refractivity contribution in [3.05, 3.63) is 65.7 Å². The molecule has 3 aromatic heterocycles. The van der Waals surface area contributed by atoms with E-state index in [0.29, 0.717) is 30.0 Å². The quantitative estimate of drug-likeness (QED) is 0.439. The minimum Gasteiger partial charge on any atom is -0.380 e. The highest BCUT2D eigenvalue weighted by molar-refractivity contribution is 6.08. The van der Waals surface area contributed by atoms with E-state index in [0.717, 1.165) is 35.7 Å². The van der Waals surface area contributed by atoms with E-state index in [1.165, 1.54) is 0 Å². The highest BCUT2D eigenvalue weighted by Crippen LogP contribution is 2.21. The summed E-state index contributed by atoms with van der Waals surface area (Å²) in [6.07, 6.45) is 4.76. The molecule has 0 spiro atoms. The van der Waals surface area contributed by atoms with Gasteiger partial charge < -0.3 is 14.5 Å². The minimum absolute atomic E-state index is 0.189. The highest BCUT2D eigenvalue weighted by atomic mass is 16.5. The zero-order valence-electron chi connectivity index (χ0n) is 18.0. The predicted octanol–water partition coefficient (Wildman–Crippen LogP) is 3.89. The second-order valence-corrected chi connectivity index (χ2v) is 7.47. The van der Waals surface area contributed by atoms with Crippen molar-refractivity contribution in [1.29, 1.82) is 0 Å². The molecule has 8 heteroatoms. The van der Waals surface area contributed by atoms with Crippen molar-refractivity contribution in [3.8, 4) is 11.3 Å². The fourth-order valence-electron chi connectivity index (χ4n) is 3.44. The molecule has 0 radical (unpaired) electrons. The molecule has 0 fully saturated rings. The van der Waals surface area contributed by atoms with E-state index >= 15 is 0 Å². The van der Waals surface area contributed by atoms with Gasteiger partial charge in [0.25, 0.3) is 5.91 Å². The average molecular weight is 419 g/mol. The van der Waals surface area contributed by atoms with Gasteiger partial charge in [-0.25, -0.2) is 9.67 Å². The zero-order chi connectivity index (χ0) is 21.8. The molecule has 0 bridgehead atoms. The molecule has 1 N–H and O–H groups in total. The molecular weight excluding hydrogens is 392 g/mol. The molecular formula is C23H26N6O2. The van der Waals surface area contributed by atoms with Crippen LogP contribution in [0.15, 0.2) is 48.8 Å². The Morgan fingerprint density at radius 2 is 1.94 bits per heavy atom. The van der Waals surface area contributed by atoms with E-state index in [4.69, 9.17) is 4.74 Å². The van der Waals surface area contributed by atoms with E-state index in [2.05, 4.69) is 27.5 Å². The molecule has 4 rings (SSSR count). The molecule has 1 amide bonds. The van der Waals surface area contributed by atoms with Gasteiger partial charge in [-0.15, -0.1) is 5.10 Å². The van der Waals surface area contributed by atoms with Crippen molar-refractivity contribution in [2.24, 2.45) is 0 Å². The first kappa shape index (κ1) is 20.7. The number of fused-ring (bicyclic) bond motifs is 1. The molecule has 0 saturated carbocycles. The number of benzene rings is 1. The monoisotopic (exact) mass is 418 g/mol. The summed E-state index contributed by atoms with van der Waals surface area (Å²) in [6.45, 7) is 8.04. The lowest BCUT2D eigenvalue weighted by atomic mass is 10.1. The number of anilines is 1. The number of aryl methyl sites for hydroxylation is 2. The van der Waals surface area contributed by atoms with Gasteiger partial charge in [0, 0.05) is 35.4 Å². The summed E-state index contributed by atoms with van der Waals surface area (Å²) in [5.74, 6) is -0.189. The molecule has 160 valence electrons. The van der Waals surface area contributed by atoms with E-state index in [9.17, 15) is 4.79 Å². The van der Waals surface area contributed by atoms with Gasteiger partial charge >= 0.3 is 0 Å². The van der Waals surface area contributed by atoms with Gasteiger partial charge in [0.05, 0.1) is 24.9 Å². The Hall–Kier alpha value is -3.52. The molecule has 3 heterocycles. The number of hydrogen-bond donors (Lipinski definition) is 1. The first-order chi connectivity index (χ1) is 15.0. The number of rotatable bonds is 8. The van der Waals surface area contributed by atoms with Crippen molar-refractivity contribution in [2.75, 3.05) is 18.5 Å². The Labute approximate surface area is 180 Å². The number of amides is 1. The predicted molar refractivity (Wildman–Crippen MR) is 119 cm³/mol. The van der Waals surface area contributed by atoms with Crippen LogP contribution in [0.25, 0.3) is 16.9 Å². The summed E-state index contributed by atoms with van der Waals surface area (Å²) in [6, 6.07) is 11.3. The summed E-state index contributed by atoms with van der Waals surface area (Å²) in [7, 11) is 0. The fourth-order valence-corrected chi connectivity index (χ4v) is 3.44. The SMILES string of the molecule is CCCOCCn1cc(-c2ccc(NC(=O)c3ccn4c(C)cc(C)nc34)cc2)nn1. The fraction of sp³-hybridized carbons (Fsp3) is 0.304. The zero-order valence-corrected chi connectivity index (χ0v) is 18.0. The summed E-state index contributed by atoms with van der Waals surface area (Å²) in [4.78, 5) is 17.3. The molecule has 0 unspecified atom stereocenters. The van der Waals surface area contributed by atoms with E-state index < -0.39 is 0 Å². The van der Waals surface area contributed by atoms with Gasteiger partial charge in [-0.1, -0.05) is 24.3 Å². The van der Waals surface area contributed by atoms with Crippen LogP contribution in [-0.4, -0.2) is 43.5 Å². The van der Waals surface area contributed by atoms with Gasteiger partial charge in [-0.3, -0.25) is 4.79 Å². The maximum Gasteiger partial charge on any atom is 0.259 e. The Morgan fingerprint density at radius 3 is 2.71 bits per heavy atom. The Balaban J connectivity index is 1.43. The topological polar surface area (TPSA) is 86.3 Å². The van der Waals surface area contributed by atoms with Crippen LogP contribution in [0.1, 0.15) is 35.1 Å². The van der Waals surface area contributed by atoms with Crippen LogP contribution < -0.4 is 5.32 Å². The van der Waals surface area contributed by atoms with Crippen molar-refractivity contribution in [3.63, 3.8) is 0 Å². The molecule has 31 heavy (non-hydrogen) atoms. The maximum atomic E-state index is 12.8. The van der Waals surface area contributed by atoms with Crippen LogP contribution in [-0.2, 0) is 11.3 Å². The first-order valence-corrected chi connectivity index (χ1v) is 10.4. The van der Waals surface area contributed by atoms with E-state index in [1.54, 1.807) is 10.7 Å². The molecule has 1 aromatic carbocycles. The second-order valence-electron chi connectivity index (χ2n) is 7.47. The number of nitrogens with zero attached hydrogens (tertiary/aromatic N) is 5. The normalized spacial score (nSPS) is 11.2. The largest absolute Gasteiger partial charge is 0.380 e. The van der Waals surface area contributed by atoms with Gasteiger partial charge in [-0.2, -0.15) is 0 Å². The van der Waals surface area contributed by atoms with Crippen molar-refractivity contribution in [1.82, 2.24) is 24.4 Å². The number of carbonyl (C=O) groups is 1. The third-order valence-electron chi connectivity index (χ3n) is 4.97. The number of aromatic nitrogens is 5. The smallest absolute Gasteiger partial charge is 0.259 e. The van der Waals surface area contributed by atoms with Gasteiger partial charge in [0.1, 0.15) is 11.3 Å². The molecule has 8 nitrogen and oxygen atoms in total. The average Bonchev–Trinajstić information content (AvgIpc) is 3.39. The number of carbonyl (C=O) groups excluding carboxylic acids is 1. The molecule has 0 atom stereocenters. The molecule has 0 aliphatic rings. The summed E-state index contributed by atoms with van der Waals surface area (Å²) in [5, 5.41) is 11.3. The van der Waals surface area contributed by atoms with Crippen LogP contribution in [0.5, 0.6) is 0 Å². The molecule has 0 saturated heterocycles. The van der Waals surface area contributed by atoms with Crippen molar-refractivity contribution in [2.45, 2.75) is 33.7 Å². The first-order valence-electron chi connectivity index (χ1n) is 10.4. The van der Waals surface area contributed by atoms with Gasteiger partial charge in [0.15, 0.2) is 0 Å². The minimum atomic E-state index is -0.189. The number of nitrogens with one attached hydrogen (secondary N) is 1. The second kappa shape index (κ2) is 9.09. The Morgan fingerprint density at radius 1 is 1.13 bits per heavy atom. The Kier molecular flexibility index (Phi) is 6.08. The maximum absolute atomic E-state index is 12.8. The summed E-state index contributed by atoms with van der Waals surface area (Å²) in [5.41, 5.74) is 5.54. The molecule has 0 aliphatic heterocycles. The van der Waals surface area contributed by atoms with Crippen LogP contribution in [0, 0.1) is 13.8 Å². The lowest BCUT2D eigenvalue weighted by Crippen LogP contribution is -2.12. The highest BCUT2D eigenvalue weighted by Gasteiger charge is 2.14. The number of hydrogen-bond acceptors (Lipinski definition) is 5. The van der Waals surface area contributed by atoms with Crippen LogP contribution in [0.3, 0.4) is 0 Å². The van der Waals surface area contributed by atoms with E-state index in [1.807, 2.05) is 61.0 Å². The lowest BCUT2D eigenvalue weighted by Gasteiger charge is -2.07.